The van der Waals surface area contributed by atoms with Gasteiger partial charge in [0.25, 0.3) is 0 Å². The molecule has 0 aromatic carbocycles. The van der Waals surface area contributed by atoms with E-state index < -0.39 is 19.1 Å². The van der Waals surface area contributed by atoms with E-state index in [9.17, 15) is 0 Å². The molecule has 0 N–H and O–H groups in total. The van der Waals surface area contributed by atoms with Crippen LogP contribution in [0.3, 0.4) is 0 Å². The number of rotatable bonds is 0. The molecule has 0 unspecified atom stereocenters. The van der Waals surface area contributed by atoms with Crippen molar-refractivity contribution in [3.05, 3.63) is 0 Å². The summed E-state index contributed by atoms with van der Waals surface area (Å²) in [6.07, 6.45) is 0. The van der Waals surface area contributed by atoms with Crippen molar-refractivity contribution in [2.24, 2.45) is 0 Å². The predicted octanol–water partition coefficient (Wildman–Crippen LogP) is -3.13. The maximum absolute atomic E-state index is 8.50. The SMILES string of the molecule is [H-].[Li+].[Mn].[O]=[Ti]=[O]. The molecule has 0 aliphatic carbocycles. The van der Waals surface area contributed by atoms with Gasteiger partial charge in [0.1, 0.15) is 0 Å². The van der Waals surface area contributed by atoms with E-state index >= 15 is 0 Å². The summed E-state index contributed by atoms with van der Waals surface area (Å²) in [7, 11) is 0. The first-order chi connectivity index (χ1) is 1.41. The molecule has 0 saturated heterocycles. The second-order valence-corrected chi connectivity index (χ2v) is 0.344. The van der Waals surface area contributed by atoms with E-state index in [0.717, 1.165) is 0 Å². The molecule has 0 fully saturated rings. The summed E-state index contributed by atoms with van der Waals surface area (Å²) in [4.78, 5) is 0. The summed E-state index contributed by atoms with van der Waals surface area (Å²) in [5, 5.41) is 0. The third kappa shape index (κ3) is 31.2. The van der Waals surface area contributed by atoms with Crippen molar-refractivity contribution < 1.29 is 63.1 Å². The first-order valence-corrected chi connectivity index (χ1v) is 1.68. The fourth-order valence-corrected chi connectivity index (χ4v) is 0. The molecule has 0 atom stereocenters. The van der Waals surface area contributed by atoms with Gasteiger partial charge in [-0.1, -0.05) is 0 Å². The summed E-state index contributed by atoms with van der Waals surface area (Å²) in [6, 6.07) is 0. The minimum atomic E-state index is -2.00. The van der Waals surface area contributed by atoms with Crippen molar-refractivity contribution in [2.75, 3.05) is 0 Å². The fourth-order valence-electron chi connectivity index (χ4n) is 0. The van der Waals surface area contributed by atoms with Crippen molar-refractivity contribution in [1.82, 2.24) is 0 Å². The van der Waals surface area contributed by atoms with Gasteiger partial charge in [-0.25, -0.2) is 0 Å². The Hall–Kier alpha value is 1.43. The molecule has 0 rings (SSSR count). The van der Waals surface area contributed by atoms with Gasteiger partial charge < -0.3 is 1.43 Å². The summed E-state index contributed by atoms with van der Waals surface area (Å²) in [5.41, 5.74) is 0. The molecule has 0 aromatic rings. The van der Waals surface area contributed by atoms with Crippen LogP contribution in [0.25, 0.3) is 0 Å². The van der Waals surface area contributed by atoms with Crippen LogP contribution in [0.2, 0.25) is 0 Å². The Labute approximate surface area is 62.8 Å². The fraction of sp³-hybridized carbons (Fsp3) is 0. The first-order valence-electron chi connectivity index (χ1n) is 0.408. The van der Waals surface area contributed by atoms with Crippen LogP contribution in [0, 0.1) is 0 Å². The molecule has 0 bridgehead atoms. The molecule has 2 nitrogen and oxygen atoms in total. The Morgan fingerprint density at radius 2 is 1.40 bits per heavy atom. The van der Waals surface area contributed by atoms with Crippen LogP contribution in [0.4, 0.5) is 0 Å². The molecule has 0 aliphatic heterocycles. The molecule has 0 aromatic heterocycles. The van der Waals surface area contributed by atoms with Gasteiger partial charge in [0.2, 0.25) is 0 Å². The van der Waals surface area contributed by atoms with Gasteiger partial charge in [0.05, 0.1) is 0 Å². The Morgan fingerprint density at radius 1 is 1.40 bits per heavy atom. The van der Waals surface area contributed by atoms with Gasteiger partial charge in [-0.05, 0) is 0 Å². The zero-order chi connectivity index (χ0) is 2.71. The van der Waals surface area contributed by atoms with E-state index in [0.29, 0.717) is 0 Å². The summed E-state index contributed by atoms with van der Waals surface area (Å²) >= 11 is -2.00. The average molecular weight is 143 g/mol. The van der Waals surface area contributed by atoms with E-state index in [1.807, 2.05) is 0 Å². The van der Waals surface area contributed by atoms with Crippen molar-refractivity contribution in [1.29, 1.82) is 0 Å². The molecule has 0 heterocycles. The summed E-state index contributed by atoms with van der Waals surface area (Å²) < 4.78 is 17.0. The van der Waals surface area contributed by atoms with Gasteiger partial charge in [0, 0.05) is 17.1 Å². The monoisotopic (exact) mass is 143 g/mol. The zero-order valence-electron chi connectivity index (χ0n) is 3.69. The topological polar surface area (TPSA) is 34.1 Å². The van der Waals surface area contributed by atoms with Crippen molar-refractivity contribution in [2.45, 2.75) is 0 Å². The average Bonchev–Trinajstić information content (AvgIpc) is 0.918. The van der Waals surface area contributed by atoms with Gasteiger partial charge in [-0.2, -0.15) is 0 Å². The third-order valence-corrected chi connectivity index (χ3v) is 0. The second kappa shape index (κ2) is 18.0. The van der Waals surface area contributed by atoms with Crippen molar-refractivity contribution >= 4 is 0 Å². The molecule has 5 heteroatoms. The summed E-state index contributed by atoms with van der Waals surface area (Å²) in [5.74, 6) is 0. The number of hydrogen-bond acceptors (Lipinski definition) is 2. The Balaban J connectivity index is -0.00000000667. The molecular formula is HLiMnO2Ti. The predicted molar refractivity (Wildman–Crippen MR) is 2.49 cm³/mol. The van der Waals surface area contributed by atoms with Crippen LogP contribution >= 0.6 is 0 Å². The van der Waals surface area contributed by atoms with Crippen molar-refractivity contribution in [3.63, 3.8) is 0 Å². The molecule has 0 saturated carbocycles. The first kappa shape index (κ1) is 16.1. The normalized spacial score (nSPS) is 1.60. The zero-order valence-corrected chi connectivity index (χ0v) is 5.44. The third-order valence-electron chi connectivity index (χ3n) is 0. The van der Waals surface area contributed by atoms with Crippen LogP contribution in [0.15, 0.2) is 0 Å². The van der Waals surface area contributed by atoms with E-state index in [2.05, 4.69) is 0 Å². The van der Waals surface area contributed by atoms with Crippen LogP contribution in [0.1, 0.15) is 1.43 Å². The quantitative estimate of drug-likeness (QED) is 0.336. The van der Waals surface area contributed by atoms with Crippen molar-refractivity contribution in [3.8, 4) is 0 Å². The number of hydrogen-bond donors (Lipinski definition) is 0. The Bertz CT molecular complexity index is 34.5. The van der Waals surface area contributed by atoms with Gasteiger partial charge in [-0.3, -0.25) is 0 Å². The van der Waals surface area contributed by atoms with Gasteiger partial charge in [0.15, 0.2) is 0 Å². The Kier molecular flexibility index (Phi) is 58.1. The molecule has 1 radical (unpaired) electrons. The Morgan fingerprint density at radius 3 is 1.40 bits per heavy atom. The van der Waals surface area contributed by atoms with Gasteiger partial charge >= 0.3 is 44.6 Å². The molecule has 0 spiro atoms. The standard InChI is InChI=1S/Li.Mn.2O.Ti.H/q+1;;;;;-1. The van der Waals surface area contributed by atoms with E-state index in [1.165, 1.54) is 0 Å². The summed E-state index contributed by atoms with van der Waals surface area (Å²) in [6.45, 7) is 0. The molecule has 5 heavy (non-hydrogen) atoms. The minimum absolute atomic E-state index is 0. The van der Waals surface area contributed by atoms with Crippen LogP contribution in [-0.4, -0.2) is 0 Å². The molecule has 0 amide bonds. The van der Waals surface area contributed by atoms with E-state index in [4.69, 9.17) is 6.65 Å². The van der Waals surface area contributed by atoms with Gasteiger partial charge in [-0.15, -0.1) is 0 Å². The molecule has 25 valence electrons. The van der Waals surface area contributed by atoms with Crippen LogP contribution in [-0.2, 0) is 42.8 Å². The molecular weight excluding hydrogens is 142 g/mol. The van der Waals surface area contributed by atoms with E-state index in [-0.39, 0.29) is 37.4 Å². The second-order valence-electron chi connectivity index (χ2n) is 0.0833. The van der Waals surface area contributed by atoms with Crippen LogP contribution < -0.4 is 18.9 Å². The molecule has 0 aliphatic rings. The maximum atomic E-state index is 8.50. The van der Waals surface area contributed by atoms with E-state index in [1.54, 1.807) is 0 Å². The van der Waals surface area contributed by atoms with Crippen LogP contribution in [0.5, 0.6) is 0 Å².